The zero-order chi connectivity index (χ0) is 19.0. The van der Waals surface area contributed by atoms with Crippen LogP contribution in [0.4, 0.5) is 10.1 Å². The van der Waals surface area contributed by atoms with Crippen LogP contribution >= 0.6 is 23.1 Å². The molecule has 5 nitrogen and oxygen atoms in total. The number of nitrogens with zero attached hydrogens (tertiary/aromatic N) is 2. The summed E-state index contributed by atoms with van der Waals surface area (Å²) in [4.78, 5) is 31.3. The first kappa shape index (κ1) is 18.6. The molecule has 0 aliphatic carbocycles. The van der Waals surface area contributed by atoms with Gasteiger partial charge in [0.15, 0.2) is 5.16 Å². The van der Waals surface area contributed by atoms with Crippen LogP contribution in [-0.2, 0) is 11.8 Å². The van der Waals surface area contributed by atoms with Gasteiger partial charge in [-0.25, -0.2) is 9.37 Å². The highest BCUT2D eigenvalue weighted by Gasteiger charge is 2.20. The maximum absolute atomic E-state index is 13.2. The molecule has 0 saturated carbocycles. The van der Waals surface area contributed by atoms with Crippen LogP contribution in [0.1, 0.15) is 17.4 Å². The van der Waals surface area contributed by atoms with E-state index in [1.54, 1.807) is 20.0 Å². The highest BCUT2D eigenvalue weighted by Crippen LogP contribution is 2.29. The second-order valence-corrected chi connectivity index (χ2v) is 8.49. The number of rotatable bonds is 4. The number of nitrogens with one attached hydrogen (secondary N) is 1. The van der Waals surface area contributed by atoms with Crippen molar-refractivity contribution in [2.24, 2.45) is 7.05 Å². The van der Waals surface area contributed by atoms with Crippen LogP contribution in [0.2, 0.25) is 0 Å². The fourth-order valence-corrected chi connectivity index (χ4v) is 4.43. The Bertz CT molecular complexity index is 1060. The number of aromatic nitrogens is 2. The molecule has 3 rings (SSSR count). The van der Waals surface area contributed by atoms with Crippen molar-refractivity contribution in [2.75, 3.05) is 5.32 Å². The highest BCUT2D eigenvalue weighted by atomic mass is 32.2. The number of benzene rings is 1. The van der Waals surface area contributed by atoms with Gasteiger partial charge < -0.3 is 5.32 Å². The number of aryl methyl sites for hydroxylation is 2. The number of hydrogen-bond acceptors (Lipinski definition) is 5. The summed E-state index contributed by atoms with van der Waals surface area (Å²) in [6, 6.07) is 5.72. The van der Waals surface area contributed by atoms with Gasteiger partial charge in [-0.05, 0) is 44.5 Å². The van der Waals surface area contributed by atoms with Crippen LogP contribution in [0.25, 0.3) is 10.2 Å². The molecular weight excluding hydrogens is 373 g/mol. The molecule has 3 aromatic rings. The van der Waals surface area contributed by atoms with E-state index < -0.39 is 11.1 Å². The molecule has 0 bridgehead atoms. The first-order chi connectivity index (χ1) is 12.3. The third-order valence-electron chi connectivity index (χ3n) is 4.11. The lowest BCUT2D eigenvalue weighted by molar-refractivity contribution is -0.115. The van der Waals surface area contributed by atoms with Crippen LogP contribution < -0.4 is 10.9 Å². The van der Waals surface area contributed by atoms with Gasteiger partial charge in [0, 0.05) is 17.6 Å². The summed E-state index contributed by atoms with van der Waals surface area (Å²) in [6.45, 7) is 5.60. The molecule has 136 valence electrons. The van der Waals surface area contributed by atoms with E-state index in [0.29, 0.717) is 21.1 Å². The van der Waals surface area contributed by atoms with Crippen molar-refractivity contribution >= 4 is 44.9 Å². The summed E-state index contributed by atoms with van der Waals surface area (Å²) in [5, 5.41) is 3.28. The number of amides is 1. The largest absolute Gasteiger partial charge is 0.325 e. The number of carbonyl (C=O) groups is 1. The summed E-state index contributed by atoms with van der Waals surface area (Å²) in [5.74, 6) is -0.699. The maximum atomic E-state index is 13.2. The van der Waals surface area contributed by atoms with Crippen molar-refractivity contribution < 1.29 is 9.18 Å². The molecule has 1 unspecified atom stereocenters. The minimum atomic E-state index is -0.504. The molecule has 2 heterocycles. The zero-order valence-corrected chi connectivity index (χ0v) is 16.4. The van der Waals surface area contributed by atoms with Gasteiger partial charge in [-0.2, -0.15) is 0 Å². The van der Waals surface area contributed by atoms with Crippen molar-refractivity contribution in [1.29, 1.82) is 0 Å². The van der Waals surface area contributed by atoms with Gasteiger partial charge in [0.1, 0.15) is 10.6 Å². The number of carbonyl (C=O) groups excluding carboxylic acids is 1. The summed E-state index contributed by atoms with van der Waals surface area (Å²) in [6.07, 6.45) is 0. The molecule has 2 aromatic heterocycles. The van der Waals surface area contributed by atoms with Crippen LogP contribution in [0.15, 0.2) is 34.2 Å². The monoisotopic (exact) mass is 391 g/mol. The summed E-state index contributed by atoms with van der Waals surface area (Å²) in [7, 11) is 1.65. The third-order valence-corrected chi connectivity index (χ3v) is 6.36. The maximum Gasteiger partial charge on any atom is 0.262 e. The van der Waals surface area contributed by atoms with Gasteiger partial charge in [-0.3, -0.25) is 14.2 Å². The first-order valence-corrected chi connectivity index (χ1v) is 9.67. The van der Waals surface area contributed by atoms with E-state index >= 15 is 0 Å². The van der Waals surface area contributed by atoms with E-state index in [1.807, 2.05) is 13.8 Å². The smallest absolute Gasteiger partial charge is 0.262 e. The van der Waals surface area contributed by atoms with Crippen LogP contribution in [0.3, 0.4) is 0 Å². The normalized spacial score (nSPS) is 12.3. The number of thiophene rings is 1. The molecule has 0 aliphatic heterocycles. The summed E-state index contributed by atoms with van der Waals surface area (Å²) < 4.78 is 14.7. The minimum Gasteiger partial charge on any atom is -0.325 e. The van der Waals surface area contributed by atoms with Gasteiger partial charge >= 0.3 is 0 Å². The molecule has 1 aromatic carbocycles. The summed E-state index contributed by atoms with van der Waals surface area (Å²) >= 11 is 2.67. The topological polar surface area (TPSA) is 64.0 Å². The van der Waals surface area contributed by atoms with E-state index in [4.69, 9.17) is 0 Å². The Morgan fingerprint density at radius 2 is 2.12 bits per heavy atom. The number of fused-ring (bicyclic) bond motifs is 1. The van der Waals surface area contributed by atoms with Crippen molar-refractivity contribution in [3.05, 3.63) is 50.9 Å². The van der Waals surface area contributed by atoms with Gasteiger partial charge in [-0.1, -0.05) is 17.8 Å². The predicted octanol–water partition coefficient (Wildman–Crippen LogP) is 3.87. The zero-order valence-electron chi connectivity index (χ0n) is 14.8. The molecule has 0 radical (unpaired) electrons. The Hall–Kier alpha value is -2.19. The van der Waals surface area contributed by atoms with Crippen molar-refractivity contribution in [3.63, 3.8) is 0 Å². The lowest BCUT2D eigenvalue weighted by Crippen LogP contribution is -2.25. The Morgan fingerprint density at radius 1 is 1.38 bits per heavy atom. The Kier molecular flexibility index (Phi) is 5.15. The summed E-state index contributed by atoms with van der Waals surface area (Å²) in [5.41, 5.74) is 1.23. The molecule has 0 fully saturated rings. The van der Waals surface area contributed by atoms with Crippen molar-refractivity contribution in [1.82, 2.24) is 9.55 Å². The van der Waals surface area contributed by atoms with Crippen LogP contribution in [0.5, 0.6) is 0 Å². The molecule has 1 N–H and O–H groups in total. The molecule has 8 heteroatoms. The second-order valence-electron chi connectivity index (χ2n) is 5.98. The first-order valence-electron chi connectivity index (χ1n) is 7.97. The van der Waals surface area contributed by atoms with Gasteiger partial charge in [-0.15, -0.1) is 11.3 Å². The molecule has 26 heavy (non-hydrogen) atoms. The minimum absolute atomic E-state index is 0.114. The molecular formula is C18H18FN3O2S2. The van der Waals surface area contributed by atoms with E-state index in [2.05, 4.69) is 10.3 Å². The SMILES string of the molecule is Cc1sc2nc(SC(C)C(=O)Nc3cccc(F)c3)n(C)c(=O)c2c1C. The van der Waals surface area contributed by atoms with Gasteiger partial charge in [0.25, 0.3) is 5.56 Å². The average molecular weight is 391 g/mol. The average Bonchev–Trinajstić information content (AvgIpc) is 2.86. The van der Waals surface area contributed by atoms with E-state index in [0.717, 1.165) is 10.4 Å². The number of hydrogen-bond donors (Lipinski definition) is 1. The Labute approximate surface area is 158 Å². The molecule has 0 aliphatic rings. The second kappa shape index (κ2) is 7.20. The molecule has 1 amide bonds. The van der Waals surface area contributed by atoms with E-state index in [1.165, 1.54) is 45.9 Å². The lowest BCUT2D eigenvalue weighted by Gasteiger charge is -2.13. The Balaban J connectivity index is 1.85. The van der Waals surface area contributed by atoms with E-state index in [-0.39, 0.29) is 11.5 Å². The van der Waals surface area contributed by atoms with Crippen LogP contribution in [0, 0.1) is 19.7 Å². The molecule has 0 saturated heterocycles. The van der Waals surface area contributed by atoms with Crippen molar-refractivity contribution in [2.45, 2.75) is 31.2 Å². The highest BCUT2D eigenvalue weighted by molar-refractivity contribution is 8.00. The fourth-order valence-electron chi connectivity index (χ4n) is 2.48. The Morgan fingerprint density at radius 3 is 2.81 bits per heavy atom. The number of halogens is 1. The fraction of sp³-hybridized carbons (Fsp3) is 0.278. The van der Waals surface area contributed by atoms with Crippen molar-refractivity contribution in [3.8, 4) is 0 Å². The number of thioether (sulfide) groups is 1. The lowest BCUT2D eigenvalue weighted by atomic mass is 10.2. The van der Waals surface area contributed by atoms with Gasteiger partial charge in [0.2, 0.25) is 5.91 Å². The predicted molar refractivity (Wildman–Crippen MR) is 105 cm³/mol. The molecule has 1 atom stereocenters. The van der Waals surface area contributed by atoms with Gasteiger partial charge in [0.05, 0.1) is 10.6 Å². The number of anilines is 1. The third kappa shape index (κ3) is 3.52. The van der Waals surface area contributed by atoms with E-state index in [9.17, 15) is 14.0 Å². The molecule has 0 spiro atoms. The van der Waals surface area contributed by atoms with Crippen LogP contribution in [-0.4, -0.2) is 20.7 Å². The standard InChI is InChI=1S/C18H18FN3O2S2/c1-9-10(2)25-16-14(9)17(24)22(4)18(21-16)26-11(3)15(23)20-13-7-5-6-12(19)8-13/h5-8,11H,1-4H3,(H,20,23). The quantitative estimate of drug-likeness (QED) is 0.542.